The Kier molecular flexibility index (Phi) is 3.40. The third kappa shape index (κ3) is 2.39. The lowest BCUT2D eigenvalue weighted by atomic mass is 10.2. The highest BCUT2D eigenvalue weighted by Gasteiger charge is 2.22. The lowest BCUT2D eigenvalue weighted by molar-refractivity contribution is -0.114. The van der Waals surface area contributed by atoms with Crippen LogP contribution in [0.25, 0.3) is 27.9 Å². The quantitative estimate of drug-likeness (QED) is 0.611. The number of fused-ring (bicyclic) bond motifs is 2. The van der Waals surface area contributed by atoms with Crippen molar-refractivity contribution in [1.82, 2.24) is 14.5 Å². The number of aromatic nitrogens is 3. The molecular weight excluding hydrogens is 314 g/mol. The van der Waals surface area contributed by atoms with Crippen LogP contribution in [0.2, 0.25) is 0 Å². The average molecular weight is 327 g/mol. The summed E-state index contributed by atoms with van der Waals surface area (Å²) in [6, 6.07) is 19.1. The summed E-state index contributed by atoms with van der Waals surface area (Å²) < 4.78 is 1.76. The van der Waals surface area contributed by atoms with Gasteiger partial charge < -0.3 is 5.32 Å². The highest BCUT2D eigenvalue weighted by Crippen LogP contribution is 2.32. The van der Waals surface area contributed by atoms with Gasteiger partial charge in [-0.3, -0.25) is 9.36 Å². The molecule has 120 valence electrons. The molecule has 1 amide bonds. The Bertz CT molecular complexity index is 1160. The van der Waals surface area contributed by atoms with Crippen LogP contribution in [0, 0.1) is 11.3 Å². The number of amides is 1. The van der Waals surface area contributed by atoms with E-state index in [1.54, 1.807) is 4.57 Å². The smallest absolute Gasteiger partial charge is 0.222 e. The largest absolute Gasteiger partial charge is 0.311 e. The molecular formula is C19H13N5O. The summed E-state index contributed by atoms with van der Waals surface area (Å²) in [7, 11) is 0. The molecule has 0 radical (unpaired) electrons. The minimum absolute atomic E-state index is 0.263. The predicted octanol–water partition coefficient (Wildman–Crippen LogP) is 3.40. The molecule has 0 aliphatic rings. The molecule has 0 aliphatic heterocycles. The van der Waals surface area contributed by atoms with Crippen LogP contribution in [0.15, 0.2) is 54.6 Å². The van der Waals surface area contributed by atoms with Crippen molar-refractivity contribution in [2.24, 2.45) is 0 Å². The van der Waals surface area contributed by atoms with Crippen molar-refractivity contribution < 1.29 is 4.79 Å². The van der Waals surface area contributed by atoms with Crippen LogP contribution in [-0.4, -0.2) is 20.4 Å². The molecule has 2 heterocycles. The fourth-order valence-electron chi connectivity index (χ4n) is 2.86. The molecule has 2 aromatic heterocycles. The summed E-state index contributed by atoms with van der Waals surface area (Å²) in [5.41, 5.74) is 3.52. The van der Waals surface area contributed by atoms with E-state index in [-0.39, 0.29) is 5.91 Å². The molecule has 4 aromatic rings. The number of anilines is 1. The minimum Gasteiger partial charge on any atom is -0.311 e. The maximum atomic E-state index is 11.7. The Morgan fingerprint density at radius 2 is 1.68 bits per heavy atom. The second-order valence-corrected chi connectivity index (χ2v) is 5.57. The normalized spacial score (nSPS) is 10.7. The molecule has 1 N–H and O–H groups in total. The number of nitrogens with zero attached hydrogens (tertiary/aromatic N) is 4. The lowest BCUT2D eigenvalue weighted by Gasteiger charge is -2.10. The van der Waals surface area contributed by atoms with Crippen LogP contribution >= 0.6 is 0 Å². The second kappa shape index (κ2) is 5.73. The first-order chi connectivity index (χ1) is 12.2. The molecule has 6 heteroatoms. The van der Waals surface area contributed by atoms with Crippen LogP contribution < -0.4 is 5.32 Å². The van der Waals surface area contributed by atoms with Crippen LogP contribution in [0.1, 0.15) is 12.5 Å². The van der Waals surface area contributed by atoms with Crippen molar-refractivity contribution >= 4 is 33.9 Å². The van der Waals surface area contributed by atoms with Gasteiger partial charge in [0.1, 0.15) is 23.0 Å². The molecule has 6 nitrogen and oxygen atoms in total. The number of nitriles is 1. The Hall–Kier alpha value is -3.72. The molecule has 4 rings (SSSR count). The molecule has 0 saturated heterocycles. The second-order valence-electron chi connectivity index (χ2n) is 5.57. The van der Waals surface area contributed by atoms with E-state index < -0.39 is 0 Å². The minimum atomic E-state index is -0.263. The van der Waals surface area contributed by atoms with E-state index in [1.807, 2.05) is 54.6 Å². The van der Waals surface area contributed by atoms with Gasteiger partial charge in [-0.25, -0.2) is 9.97 Å². The van der Waals surface area contributed by atoms with E-state index in [0.717, 1.165) is 11.2 Å². The standard InChI is InChI=1S/C19H13N5O/c1-12(25)21-18-14(11-20)17-19(24(18)13-7-3-2-4-8-13)23-16-10-6-5-9-15(16)22-17/h2-10H,1H3,(H,21,25). The number of carbonyl (C=O) groups excluding carboxylic acids is 1. The van der Waals surface area contributed by atoms with Crippen molar-refractivity contribution in [1.29, 1.82) is 5.26 Å². The van der Waals surface area contributed by atoms with Crippen molar-refractivity contribution in [2.75, 3.05) is 5.32 Å². The molecule has 2 aromatic carbocycles. The van der Waals surface area contributed by atoms with Crippen molar-refractivity contribution in [3.63, 3.8) is 0 Å². The number of hydrogen-bond acceptors (Lipinski definition) is 4. The number of rotatable bonds is 2. The number of hydrogen-bond donors (Lipinski definition) is 1. The molecule has 0 bridgehead atoms. The van der Waals surface area contributed by atoms with Gasteiger partial charge in [-0.05, 0) is 24.3 Å². The topological polar surface area (TPSA) is 83.6 Å². The van der Waals surface area contributed by atoms with Crippen LogP contribution in [0.3, 0.4) is 0 Å². The van der Waals surface area contributed by atoms with Crippen molar-refractivity contribution in [3.05, 3.63) is 60.2 Å². The monoisotopic (exact) mass is 327 g/mol. The predicted molar refractivity (Wildman–Crippen MR) is 95.4 cm³/mol. The molecule has 0 aliphatic carbocycles. The van der Waals surface area contributed by atoms with Gasteiger partial charge in [-0.2, -0.15) is 5.26 Å². The van der Waals surface area contributed by atoms with Gasteiger partial charge in [-0.15, -0.1) is 0 Å². The van der Waals surface area contributed by atoms with Gasteiger partial charge in [0, 0.05) is 12.6 Å². The Labute approximate surface area is 143 Å². The Morgan fingerprint density at radius 3 is 2.32 bits per heavy atom. The third-order valence-corrected chi connectivity index (χ3v) is 3.88. The molecule has 25 heavy (non-hydrogen) atoms. The van der Waals surface area contributed by atoms with Gasteiger partial charge in [0.2, 0.25) is 5.91 Å². The fourth-order valence-corrected chi connectivity index (χ4v) is 2.86. The number of nitrogens with one attached hydrogen (secondary N) is 1. The summed E-state index contributed by atoms with van der Waals surface area (Å²) in [6.45, 7) is 1.41. The van der Waals surface area contributed by atoms with Crippen molar-refractivity contribution in [2.45, 2.75) is 6.92 Å². The van der Waals surface area contributed by atoms with Crippen LogP contribution in [-0.2, 0) is 4.79 Å². The van der Waals surface area contributed by atoms with Crippen LogP contribution in [0.4, 0.5) is 5.82 Å². The summed E-state index contributed by atoms with van der Waals surface area (Å²) in [5, 5.41) is 12.4. The zero-order chi connectivity index (χ0) is 17.4. The Morgan fingerprint density at radius 1 is 1.04 bits per heavy atom. The first-order valence-corrected chi connectivity index (χ1v) is 7.73. The highest BCUT2D eigenvalue weighted by atomic mass is 16.1. The summed E-state index contributed by atoms with van der Waals surface area (Å²) >= 11 is 0. The van der Waals surface area contributed by atoms with Gasteiger partial charge >= 0.3 is 0 Å². The molecule has 0 unspecified atom stereocenters. The van der Waals surface area contributed by atoms with Gasteiger partial charge in [0.05, 0.1) is 11.0 Å². The number of benzene rings is 2. The fraction of sp³-hybridized carbons (Fsp3) is 0.0526. The van der Waals surface area contributed by atoms with E-state index in [2.05, 4.69) is 21.4 Å². The summed E-state index contributed by atoms with van der Waals surface area (Å²) in [5.74, 6) is 0.118. The number of para-hydroxylation sites is 3. The Balaban J connectivity index is 2.17. The van der Waals surface area contributed by atoms with E-state index in [9.17, 15) is 10.1 Å². The van der Waals surface area contributed by atoms with E-state index >= 15 is 0 Å². The van der Waals surface area contributed by atoms with E-state index in [1.165, 1.54) is 6.92 Å². The first-order valence-electron chi connectivity index (χ1n) is 7.73. The summed E-state index contributed by atoms with van der Waals surface area (Å²) in [6.07, 6.45) is 0. The first kappa shape index (κ1) is 14.8. The molecule has 0 fully saturated rings. The van der Waals surface area contributed by atoms with E-state index in [0.29, 0.717) is 28.1 Å². The zero-order valence-electron chi connectivity index (χ0n) is 13.4. The van der Waals surface area contributed by atoms with Gasteiger partial charge in [-0.1, -0.05) is 30.3 Å². The maximum absolute atomic E-state index is 11.7. The average Bonchev–Trinajstić information content (AvgIpc) is 2.91. The van der Waals surface area contributed by atoms with Crippen LogP contribution in [0.5, 0.6) is 0 Å². The lowest BCUT2D eigenvalue weighted by Crippen LogP contribution is -2.11. The highest BCUT2D eigenvalue weighted by molar-refractivity contribution is 5.99. The maximum Gasteiger partial charge on any atom is 0.222 e. The molecule has 0 atom stereocenters. The van der Waals surface area contributed by atoms with Crippen molar-refractivity contribution in [3.8, 4) is 11.8 Å². The SMILES string of the molecule is CC(=O)Nc1c(C#N)c2nc3ccccc3nc2n1-c1ccccc1. The van der Waals surface area contributed by atoms with E-state index in [4.69, 9.17) is 0 Å². The number of carbonyl (C=O) groups is 1. The van der Waals surface area contributed by atoms with Gasteiger partial charge in [0.25, 0.3) is 0 Å². The molecule has 0 saturated carbocycles. The zero-order valence-corrected chi connectivity index (χ0v) is 13.4. The molecule has 0 spiro atoms. The summed E-state index contributed by atoms with van der Waals surface area (Å²) in [4.78, 5) is 21.0. The third-order valence-electron chi connectivity index (χ3n) is 3.88. The van der Waals surface area contributed by atoms with Gasteiger partial charge in [0.15, 0.2) is 5.65 Å².